The smallest absolute Gasteiger partial charge is 0.362 e. The van der Waals surface area contributed by atoms with Gasteiger partial charge in [0.15, 0.2) is 12.1 Å². The second-order valence-corrected chi connectivity index (χ2v) is 18.0. The Kier molecular flexibility index (Phi) is 44.1. The molecule has 1 N–H and O–H groups in total. The molecule has 8 heteroatoms. The molecule has 0 aliphatic rings. The third-order valence-corrected chi connectivity index (χ3v) is 11.0. The van der Waals surface area contributed by atoms with Crippen LogP contribution in [0.1, 0.15) is 194 Å². The fourth-order valence-electron chi connectivity index (χ4n) is 7.08. The van der Waals surface area contributed by atoms with Gasteiger partial charge in [-0.1, -0.05) is 188 Å². The molecule has 65 heavy (non-hydrogen) atoms. The molecule has 0 saturated carbocycles. The molecular formula is C57H96NO7+. The number of nitrogens with zero attached hydrogens (tertiary/aromatic N) is 1. The second kappa shape index (κ2) is 46.8. The van der Waals surface area contributed by atoms with Crippen molar-refractivity contribution in [3.63, 3.8) is 0 Å². The number of allylic oxidation sites excluding steroid dienone is 16. The van der Waals surface area contributed by atoms with Crippen LogP contribution in [-0.2, 0) is 28.6 Å². The number of carbonyl (C=O) groups excluding carboxylic acids is 2. The van der Waals surface area contributed by atoms with Crippen LogP contribution in [0.2, 0.25) is 0 Å². The molecule has 0 aromatic rings. The molecule has 0 aromatic carbocycles. The molecule has 0 spiro atoms. The van der Waals surface area contributed by atoms with Crippen LogP contribution >= 0.6 is 0 Å². The van der Waals surface area contributed by atoms with Crippen molar-refractivity contribution < 1.29 is 38.2 Å². The standard InChI is InChI=1S/C57H95NO7/c1-6-8-10-12-14-16-18-20-22-24-26-28-30-32-34-36-38-40-42-44-46-48-56(60)65-53(51-63-50-49-54(57(61)62)58(3,4)5)52-64-55(59)47-45-43-41-39-37-35-33-31-29-27-25-23-21-19-17-15-13-11-9-7-2/h8-11,14-17,21,23,27,29,33,35,39,41,53-54H,6-7,12-13,18-20,22,24-26,28,30-32,34,36-38,40,42-52H2,1-5H3/p+1/b10-8+,11-9+,16-14+,17-15+,23-21+,29-27+,35-33+,41-39+. The number of hydrogen-bond acceptors (Lipinski definition) is 6. The summed E-state index contributed by atoms with van der Waals surface area (Å²) in [5, 5.41) is 9.66. The lowest BCUT2D eigenvalue weighted by Crippen LogP contribution is -2.50. The minimum Gasteiger partial charge on any atom is -0.477 e. The van der Waals surface area contributed by atoms with E-state index in [9.17, 15) is 19.5 Å². The van der Waals surface area contributed by atoms with Gasteiger partial charge in [0.05, 0.1) is 34.4 Å². The Morgan fingerprint density at radius 3 is 1.25 bits per heavy atom. The monoisotopic (exact) mass is 907 g/mol. The quantitative estimate of drug-likeness (QED) is 0.0281. The van der Waals surface area contributed by atoms with Crippen LogP contribution in [0, 0.1) is 0 Å². The number of likely N-dealkylation sites (N-methyl/N-ethyl adjacent to an activating group) is 1. The van der Waals surface area contributed by atoms with Gasteiger partial charge in [-0.2, -0.15) is 0 Å². The first-order valence-corrected chi connectivity index (χ1v) is 25.8. The van der Waals surface area contributed by atoms with Crippen molar-refractivity contribution in [2.75, 3.05) is 41.0 Å². The summed E-state index contributed by atoms with van der Waals surface area (Å²) in [6, 6.07) is -0.629. The summed E-state index contributed by atoms with van der Waals surface area (Å²) in [4.78, 5) is 37.2. The van der Waals surface area contributed by atoms with Gasteiger partial charge in [-0.05, 0) is 83.5 Å². The predicted molar refractivity (Wildman–Crippen MR) is 275 cm³/mol. The van der Waals surface area contributed by atoms with E-state index in [-0.39, 0.29) is 42.7 Å². The number of ether oxygens (including phenoxy) is 3. The minimum atomic E-state index is -0.885. The number of carboxylic acids is 1. The molecule has 0 amide bonds. The number of rotatable bonds is 45. The van der Waals surface area contributed by atoms with Gasteiger partial charge < -0.3 is 23.8 Å². The van der Waals surface area contributed by atoms with Crippen LogP contribution in [0.3, 0.4) is 0 Å². The third kappa shape index (κ3) is 45.2. The normalized spacial score (nSPS) is 13.7. The van der Waals surface area contributed by atoms with Crippen LogP contribution in [0.4, 0.5) is 0 Å². The maximum atomic E-state index is 12.8. The maximum absolute atomic E-state index is 12.8. The lowest BCUT2D eigenvalue weighted by atomic mass is 10.0. The number of esters is 2. The van der Waals surface area contributed by atoms with Crippen LogP contribution in [-0.4, -0.2) is 80.6 Å². The van der Waals surface area contributed by atoms with Gasteiger partial charge in [0.2, 0.25) is 0 Å². The first-order chi connectivity index (χ1) is 31.6. The van der Waals surface area contributed by atoms with E-state index < -0.39 is 18.1 Å². The summed E-state index contributed by atoms with van der Waals surface area (Å²) >= 11 is 0. The topological polar surface area (TPSA) is 99.1 Å². The van der Waals surface area contributed by atoms with Gasteiger partial charge in [-0.15, -0.1) is 0 Å². The first-order valence-electron chi connectivity index (χ1n) is 25.8. The van der Waals surface area contributed by atoms with E-state index in [1.165, 1.54) is 77.0 Å². The molecule has 0 bridgehead atoms. The van der Waals surface area contributed by atoms with Crippen LogP contribution in [0.25, 0.3) is 0 Å². The van der Waals surface area contributed by atoms with Gasteiger partial charge in [-0.25, -0.2) is 4.79 Å². The van der Waals surface area contributed by atoms with E-state index in [2.05, 4.69) is 111 Å². The Balaban J connectivity index is 4.34. The van der Waals surface area contributed by atoms with E-state index in [0.717, 1.165) is 77.0 Å². The van der Waals surface area contributed by atoms with Crippen molar-refractivity contribution in [1.29, 1.82) is 0 Å². The van der Waals surface area contributed by atoms with Gasteiger partial charge in [0, 0.05) is 19.3 Å². The number of aliphatic carboxylic acids is 1. The molecule has 370 valence electrons. The number of unbranched alkanes of at least 4 members (excludes halogenated alkanes) is 15. The summed E-state index contributed by atoms with van der Waals surface area (Å²) in [6.07, 6.45) is 63.3. The molecular weight excluding hydrogens is 811 g/mol. The Hall–Kier alpha value is -3.75. The molecule has 2 atom stereocenters. The fourth-order valence-corrected chi connectivity index (χ4v) is 7.08. The Morgan fingerprint density at radius 1 is 0.462 bits per heavy atom. The average molecular weight is 907 g/mol. The average Bonchev–Trinajstić information content (AvgIpc) is 3.27. The van der Waals surface area contributed by atoms with Crippen LogP contribution < -0.4 is 0 Å². The van der Waals surface area contributed by atoms with E-state index >= 15 is 0 Å². The fraction of sp³-hybridized carbons (Fsp3) is 0.667. The molecule has 8 nitrogen and oxygen atoms in total. The highest BCUT2D eigenvalue weighted by atomic mass is 16.6. The highest BCUT2D eigenvalue weighted by Gasteiger charge is 2.31. The SMILES string of the molecule is CC/C=C/C/C=C/C/C=C/C/C=C/C/C=C/C/C=C/CCCC(=O)OCC(COCCC(C(=O)O)[N+](C)(C)C)OC(=O)CCCCCCCCCCCCCCCC/C=C/C/C=C/CC. The molecule has 0 aliphatic carbocycles. The Morgan fingerprint density at radius 2 is 0.831 bits per heavy atom. The zero-order chi connectivity index (χ0) is 47.7. The molecule has 0 heterocycles. The Bertz CT molecular complexity index is 1380. The van der Waals surface area contributed by atoms with Crippen molar-refractivity contribution in [2.45, 2.75) is 206 Å². The van der Waals surface area contributed by atoms with Crippen LogP contribution in [0.5, 0.6) is 0 Å². The summed E-state index contributed by atoms with van der Waals surface area (Å²) in [5.74, 6) is -1.55. The number of quaternary nitrogens is 1. The molecule has 2 unspecified atom stereocenters. The molecule has 0 saturated heterocycles. The van der Waals surface area contributed by atoms with Crippen LogP contribution in [0.15, 0.2) is 97.2 Å². The number of carbonyl (C=O) groups is 3. The highest BCUT2D eigenvalue weighted by molar-refractivity contribution is 5.72. The first kappa shape index (κ1) is 61.2. The van der Waals surface area contributed by atoms with Gasteiger partial charge in [0.25, 0.3) is 0 Å². The van der Waals surface area contributed by atoms with Crippen molar-refractivity contribution in [1.82, 2.24) is 0 Å². The highest BCUT2D eigenvalue weighted by Crippen LogP contribution is 2.15. The molecule has 0 rings (SSSR count). The zero-order valence-corrected chi connectivity index (χ0v) is 42.2. The minimum absolute atomic E-state index is 0.0382. The van der Waals surface area contributed by atoms with Crippen molar-refractivity contribution in [3.05, 3.63) is 97.2 Å². The summed E-state index contributed by atoms with van der Waals surface area (Å²) < 4.78 is 17.3. The predicted octanol–water partition coefficient (Wildman–Crippen LogP) is 15.0. The number of carboxylic acid groups (broad SMARTS) is 1. The van der Waals surface area contributed by atoms with E-state index in [0.29, 0.717) is 19.3 Å². The van der Waals surface area contributed by atoms with E-state index in [4.69, 9.17) is 14.2 Å². The largest absolute Gasteiger partial charge is 0.477 e. The van der Waals surface area contributed by atoms with Gasteiger partial charge in [-0.3, -0.25) is 9.59 Å². The maximum Gasteiger partial charge on any atom is 0.362 e. The third-order valence-electron chi connectivity index (χ3n) is 11.0. The lowest BCUT2D eigenvalue weighted by molar-refractivity contribution is -0.887. The summed E-state index contributed by atoms with van der Waals surface area (Å²) in [6.45, 7) is 4.46. The zero-order valence-electron chi connectivity index (χ0n) is 42.2. The van der Waals surface area contributed by atoms with Crippen molar-refractivity contribution in [2.24, 2.45) is 0 Å². The van der Waals surface area contributed by atoms with Gasteiger partial charge >= 0.3 is 17.9 Å². The van der Waals surface area contributed by atoms with Gasteiger partial charge in [0.1, 0.15) is 6.61 Å². The van der Waals surface area contributed by atoms with Crippen molar-refractivity contribution in [3.8, 4) is 0 Å². The summed E-state index contributed by atoms with van der Waals surface area (Å²) in [5.41, 5.74) is 0. The Labute approximate surface area is 398 Å². The molecule has 0 radical (unpaired) electrons. The lowest BCUT2D eigenvalue weighted by Gasteiger charge is -2.31. The molecule has 0 aliphatic heterocycles. The van der Waals surface area contributed by atoms with E-state index in [1.807, 2.05) is 21.1 Å². The summed E-state index contributed by atoms with van der Waals surface area (Å²) in [7, 11) is 5.51. The van der Waals surface area contributed by atoms with E-state index in [1.54, 1.807) is 0 Å². The molecule has 0 aromatic heterocycles. The molecule has 0 fully saturated rings. The number of hydrogen-bond donors (Lipinski definition) is 1. The second-order valence-electron chi connectivity index (χ2n) is 18.0. The van der Waals surface area contributed by atoms with Crippen molar-refractivity contribution >= 4 is 17.9 Å².